The fourth-order valence-electron chi connectivity index (χ4n) is 1.41. The number of carbonyl (C=O) groups is 1. The summed E-state index contributed by atoms with van der Waals surface area (Å²) in [4.78, 5) is 12.2. The minimum Gasteiger partial charge on any atom is -0.368 e. The molecule has 0 aliphatic carbocycles. The highest BCUT2D eigenvalue weighted by Crippen LogP contribution is 2.13. The molecule has 0 aromatic carbocycles. The van der Waals surface area contributed by atoms with Gasteiger partial charge in [0.2, 0.25) is 5.41 Å². The minimum absolute atomic E-state index is 0.145. The van der Waals surface area contributed by atoms with Gasteiger partial charge in [0, 0.05) is 19.8 Å². The molecule has 0 amide bonds. The van der Waals surface area contributed by atoms with Crippen LogP contribution in [0.25, 0.3) is 0 Å². The van der Waals surface area contributed by atoms with Crippen molar-refractivity contribution in [1.82, 2.24) is 0 Å². The number of rotatable bonds is 11. The molecule has 0 radical (unpaired) electrons. The molecule has 0 aliphatic rings. The van der Waals surface area contributed by atoms with Crippen LogP contribution in [0.1, 0.15) is 47.0 Å². The Morgan fingerprint density at radius 2 is 1.61 bits per heavy atom. The van der Waals surface area contributed by atoms with Gasteiger partial charge in [0.1, 0.15) is 0 Å². The second-order valence-electron chi connectivity index (χ2n) is 3.83. The molecule has 0 heterocycles. The first kappa shape index (κ1) is 17.5. The average molecular weight is 274 g/mol. The summed E-state index contributed by atoms with van der Waals surface area (Å²) < 4.78 is 16.8. The predicted molar refractivity (Wildman–Crippen MR) is 74.3 cm³/mol. The first-order valence-electron chi connectivity index (χ1n) is 6.79. The third-order valence-corrected chi connectivity index (χ3v) is 4.88. The molecule has 0 aromatic rings. The molecule has 0 atom stereocenters. The zero-order valence-corrected chi connectivity index (χ0v) is 13.0. The first-order valence-corrected chi connectivity index (χ1v) is 8.52. The molecule has 0 rings (SSSR count). The van der Waals surface area contributed by atoms with E-state index in [2.05, 4.69) is 6.92 Å². The minimum atomic E-state index is -3.20. The lowest BCUT2D eigenvalue weighted by Gasteiger charge is -2.26. The maximum atomic E-state index is 12.2. The summed E-state index contributed by atoms with van der Waals surface area (Å²) in [6.45, 7) is 9.08. The molecule has 0 saturated heterocycles. The van der Waals surface area contributed by atoms with Crippen molar-refractivity contribution in [3.63, 3.8) is 0 Å². The molecule has 0 saturated carbocycles. The van der Waals surface area contributed by atoms with Crippen LogP contribution in [0.5, 0.6) is 0 Å². The topological polar surface area (TPSA) is 44.8 Å². The Morgan fingerprint density at radius 3 is 2.06 bits per heavy atom. The van der Waals surface area contributed by atoms with Crippen LogP contribution in [0.2, 0.25) is 0 Å². The van der Waals surface area contributed by atoms with E-state index in [1.165, 1.54) is 0 Å². The highest BCUT2D eigenvalue weighted by molar-refractivity contribution is 6.94. The van der Waals surface area contributed by atoms with Gasteiger partial charge in [0.25, 0.3) is 0 Å². The van der Waals surface area contributed by atoms with Crippen molar-refractivity contribution in [1.29, 1.82) is 0 Å². The molecule has 0 aromatic heterocycles. The van der Waals surface area contributed by atoms with Crippen LogP contribution in [0.4, 0.5) is 0 Å². The Labute approximate surface area is 112 Å². The van der Waals surface area contributed by atoms with Crippen molar-refractivity contribution in [2.75, 3.05) is 19.8 Å². The largest absolute Gasteiger partial charge is 0.579 e. The van der Waals surface area contributed by atoms with E-state index in [0.717, 1.165) is 19.3 Å². The van der Waals surface area contributed by atoms with Gasteiger partial charge in [-0.1, -0.05) is 26.3 Å². The van der Waals surface area contributed by atoms with E-state index in [0.29, 0.717) is 19.8 Å². The zero-order chi connectivity index (χ0) is 13.9. The highest BCUT2D eigenvalue weighted by atomic mass is 28.4. The molecule has 0 N–H and O–H groups in total. The Bertz CT molecular complexity index is 247. The van der Waals surface area contributed by atoms with Crippen LogP contribution in [0, 0.1) is 0 Å². The van der Waals surface area contributed by atoms with Crippen LogP contribution in [-0.4, -0.2) is 34.0 Å². The van der Waals surface area contributed by atoms with Crippen LogP contribution in [0.15, 0.2) is 12.2 Å². The Morgan fingerprint density at radius 1 is 1.00 bits per heavy atom. The summed E-state index contributed by atoms with van der Waals surface area (Å²) in [5.74, 6) is 0. The predicted octanol–water partition coefficient (Wildman–Crippen LogP) is 2.89. The molecule has 0 bridgehead atoms. The van der Waals surface area contributed by atoms with E-state index in [1.54, 1.807) is 6.08 Å². The molecule has 18 heavy (non-hydrogen) atoms. The van der Waals surface area contributed by atoms with Crippen molar-refractivity contribution in [2.45, 2.75) is 47.0 Å². The van der Waals surface area contributed by atoms with E-state index in [1.807, 2.05) is 26.8 Å². The lowest BCUT2D eigenvalue weighted by atomic mass is 10.3. The van der Waals surface area contributed by atoms with Crippen molar-refractivity contribution < 1.29 is 18.1 Å². The Kier molecular flexibility index (Phi) is 10.1. The van der Waals surface area contributed by atoms with Crippen LogP contribution < -0.4 is 0 Å². The number of hydrogen-bond acceptors (Lipinski definition) is 4. The third kappa shape index (κ3) is 5.91. The molecular formula is C13H26O4Si. The van der Waals surface area contributed by atoms with E-state index in [-0.39, 0.29) is 5.41 Å². The molecule has 106 valence electrons. The molecule has 0 fully saturated rings. The van der Waals surface area contributed by atoms with Crippen LogP contribution in [0.3, 0.4) is 0 Å². The monoisotopic (exact) mass is 274 g/mol. The summed E-state index contributed by atoms with van der Waals surface area (Å²) in [5.41, 5.74) is 0. The summed E-state index contributed by atoms with van der Waals surface area (Å²) in [7, 11) is -3.20. The van der Waals surface area contributed by atoms with E-state index >= 15 is 0 Å². The van der Waals surface area contributed by atoms with Crippen molar-refractivity contribution in [3.05, 3.63) is 12.2 Å². The second kappa shape index (κ2) is 10.4. The van der Waals surface area contributed by atoms with Crippen molar-refractivity contribution in [2.24, 2.45) is 0 Å². The molecular weight excluding hydrogens is 248 g/mol. The van der Waals surface area contributed by atoms with Gasteiger partial charge in [-0.15, -0.1) is 0 Å². The van der Waals surface area contributed by atoms with Gasteiger partial charge < -0.3 is 13.3 Å². The third-order valence-electron chi connectivity index (χ3n) is 2.19. The van der Waals surface area contributed by atoms with Gasteiger partial charge in [-0.3, -0.25) is 4.79 Å². The normalized spacial score (nSPS) is 12.2. The van der Waals surface area contributed by atoms with Gasteiger partial charge in [-0.05, 0) is 32.8 Å². The molecule has 4 nitrogen and oxygen atoms in total. The van der Waals surface area contributed by atoms with Crippen molar-refractivity contribution in [3.8, 4) is 0 Å². The van der Waals surface area contributed by atoms with E-state index < -0.39 is 8.80 Å². The lowest BCUT2D eigenvalue weighted by Crippen LogP contribution is -2.53. The standard InChI is InChI=1S/C13H26O4Si/c1-5-9-10-11-13(14)18(15-7-3,16-8-4)17-12-6-2/h10-11H,5-9,12H2,1-4H3. The maximum absolute atomic E-state index is 12.2. The smallest absolute Gasteiger partial charge is 0.368 e. The summed E-state index contributed by atoms with van der Waals surface area (Å²) in [5, 5.41) is -0.145. The van der Waals surface area contributed by atoms with Gasteiger partial charge in [-0.25, -0.2) is 0 Å². The van der Waals surface area contributed by atoms with Gasteiger partial charge in [0.15, 0.2) is 0 Å². The van der Waals surface area contributed by atoms with Crippen LogP contribution >= 0.6 is 0 Å². The number of carbonyl (C=O) groups excluding carboxylic acids is 1. The summed E-state index contributed by atoms with van der Waals surface area (Å²) in [6.07, 6.45) is 6.13. The number of hydrogen-bond donors (Lipinski definition) is 0. The SMILES string of the molecule is CCCC=CC(=O)[Si](OCC)(OCC)OCCC. The number of unbranched alkanes of at least 4 members (excludes halogenated alkanes) is 1. The Balaban J connectivity index is 4.82. The fraction of sp³-hybridized carbons (Fsp3) is 0.769. The quantitative estimate of drug-likeness (QED) is 0.429. The average Bonchev–Trinajstić information content (AvgIpc) is 2.36. The first-order chi connectivity index (χ1) is 8.66. The zero-order valence-electron chi connectivity index (χ0n) is 12.0. The van der Waals surface area contributed by atoms with Gasteiger partial charge >= 0.3 is 8.80 Å². The summed E-state index contributed by atoms with van der Waals surface area (Å²) >= 11 is 0. The summed E-state index contributed by atoms with van der Waals surface area (Å²) in [6, 6.07) is 0. The second-order valence-corrected chi connectivity index (χ2v) is 6.30. The van der Waals surface area contributed by atoms with Crippen LogP contribution in [-0.2, 0) is 18.1 Å². The number of allylic oxidation sites excluding steroid dienone is 2. The maximum Gasteiger partial charge on any atom is 0.579 e. The fourth-order valence-corrected chi connectivity index (χ4v) is 3.65. The van der Waals surface area contributed by atoms with Gasteiger partial charge in [0.05, 0.1) is 0 Å². The molecule has 5 heteroatoms. The Hall–Kier alpha value is -0.493. The molecule has 0 aliphatic heterocycles. The van der Waals surface area contributed by atoms with E-state index in [9.17, 15) is 4.79 Å². The molecule has 0 spiro atoms. The van der Waals surface area contributed by atoms with Gasteiger partial charge in [-0.2, -0.15) is 0 Å². The molecule has 0 unspecified atom stereocenters. The highest BCUT2D eigenvalue weighted by Gasteiger charge is 2.48. The lowest BCUT2D eigenvalue weighted by molar-refractivity contribution is -0.115. The van der Waals surface area contributed by atoms with Crippen molar-refractivity contribution >= 4 is 14.2 Å². The van der Waals surface area contributed by atoms with E-state index in [4.69, 9.17) is 13.3 Å².